The standard InChI is InChI=1S/C16H20N4O2/c1-11-4-5-14(10-12(11)2)15(21)19-6-8-20(9-7-19)16-18-17-13(3)22-16/h4-5,10H,6-9H2,1-3H3. The zero-order valence-corrected chi connectivity index (χ0v) is 13.2. The molecule has 0 N–H and O–H groups in total. The van der Waals surface area contributed by atoms with E-state index < -0.39 is 0 Å². The third-order valence-electron chi connectivity index (χ3n) is 4.11. The fraction of sp³-hybridized carbons (Fsp3) is 0.438. The van der Waals surface area contributed by atoms with Gasteiger partial charge in [-0.3, -0.25) is 4.79 Å². The summed E-state index contributed by atoms with van der Waals surface area (Å²) in [5, 5.41) is 7.87. The zero-order valence-electron chi connectivity index (χ0n) is 13.2. The molecule has 1 amide bonds. The molecule has 1 aliphatic heterocycles. The average molecular weight is 300 g/mol. The maximum atomic E-state index is 12.6. The Bertz CT molecular complexity index is 687. The molecule has 0 radical (unpaired) electrons. The molecule has 0 spiro atoms. The van der Waals surface area contributed by atoms with E-state index in [2.05, 4.69) is 17.1 Å². The summed E-state index contributed by atoms with van der Waals surface area (Å²) in [5.41, 5.74) is 3.10. The molecule has 1 aliphatic rings. The summed E-state index contributed by atoms with van der Waals surface area (Å²) >= 11 is 0. The third kappa shape index (κ3) is 2.81. The van der Waals surface area contributed by atoms with E-state index in [1.807, 2.05) is 34.9 Å². The van der Waals surface area contributed by atoms with E-state index in [0.29, 0.717) is 38.1 Å². The molecule has 6 heteroatoms. The lowest BCUT2D eigenvalue weighted by Gasteiger charge is -2.33. The van der Waals surface area contributed by atoms with Crippen molar-refractivity contribution in [1.82, 2.24) is 15.1 Å². The van der Waals surface area contributed by atoms with Gasteiger partial charge in [-0.15, -0.1) is 5.10 Å². The third-order valence-corrected chi connectivity index (χ3v) is 4.11. The first-order valence-corrected chi connectivity index (χ1v) is 7.46. The van der Waals surface area contributed by atoms with Crippen LogP contribution in [0.25, 0.3) is 0 Å². The number of piperazine rings is 1. The van der Waals surface area contributed by atoms with Gasteiger partial charge in [0.15, 0.2) is 0 Å². The summed E-state index contributed by atoms with van der Waals surface area (Å²) in [5.74, 6) is 0.646. The highest BCUT2D eigenvalue weighted by molar-refractivity contribution is 5.94. The smallest absolute Gasteiger partial charge is 0.318 e. The van der Waals surface area contributed by atoms with Crippen LogP contribution in [0.3, 0.4) is 0 Å². The van der Waals surface area contributed by atoms with Gasteiger partial charge in [0, 0.05) is 38.7 Å². The van der Waals surface area contributed by atoms with E-state index in [1.54, 1.807) is 6.92 Å². The van der Waals surface area contributed by atoms with E-state index in [9.17, 15) is 4.79 Å². The van der Waals surface area contributed by atoms with Gasteiger partial charge in [0.1, 0.15) is 0 Å². The molecule has 6 nitrogen and oxygen atoms in total. The summed E-state index contributed by atoms with van der Waals surface area (Å²) in [6, 6.07) is 6.40. The fourth-order valence-corrected chi connectivity index (χ4v) is 2.57. The van der Waals surface area contributed by atoms with Gasteiger partial charge in [-0.25, -0.2) is 0 Å². The normalized spacial score (nSPS) is 15.2. The van der Waals surface area contributed by atoms with Crippen LogP contribution in [0, 0.1) is 20.8 Å². The van der Waals surface area contributed by atoms with Gasteiger partial charge >= 0.3 is 6.01 Å². The van der Waals surface area contributed by atoms with Crippen molar-refractivity contribution in [2.45, 2.75) is 20.8 Å². The topological polar surface area (TPSA) is 62.5 Å². The number of amides is 1. The van der Waals surface area contributed by atoms with Gasteiger partial charge in [0.25, 0.3) is 5.91 Å². The number of benzene rings is 1. The van der Waals surface area contributed by atoms with Crippen LogP contribution in [0.15, 0.2) is 22.6 Å². The van der Waals surface area contributed by atoms with Gasteiger partial charge in [0.2, 0.25) is 5.89 Å². The number of nitrogens with zero attached hydrogens (tertiary/aromatic N) is 4. The van der Waals surface area contributed by atoms with Crippen LogP contribution in [0.4, 0.5) is 6.01 Å². The molecule has 0 aliphatic carbocycles. The van der Waals surface area contributed by atoms with Crippen molar-refractivity contribution >= 4 is 11.9 Å². The minimum atomic E-state index is 0.0875. The molecule has 116 valence electrons. The molecule has 22 heavy (non-hydrogen) atoms. The van der Waals surface area contributed by atoms with Crippen molar-refractivity contribution in [2.24, 2.45) is 0 Å². The Morgan fingerprint density at radius 2 is 1.77 bits per heavy atom. The highest BCUT2D eigenvalue weighted by atomic mass is 16.4. The number of rotatable bonds is 2. The second kappa shape index (κ2) is 5.79. The Labute approximate surface area is 129 Å². The molecular weight excluding hydrogens is 280 g/mol. The predicted molar refractivity (Wildman–Crippen MR) is 83.1 cm³/mol. The molecule has 0 bridgehead atoms. The molecular formula is C16H20N4O2. The first-order chi connectivity index (χ1) is 10.5. The van der Waals surface area contributed by atoms with E-state index in [0.717, 1.165) is 11.1 Å². The SMILES string of the molecule is Cc1nnc(N2CCN(C(=O)c3ccc(C)c(C)c3)CC2)o1. The van der Waals surface area contributed by atoms with Gasteiger partial charge in [-0.2, -0.15) is 0 Å². The lowest BCUT2D eigenvalue weighted by Crippen LogP contribution is -2.49. The maximum absolute atomic E-state index is 12.6. The van der Waals surface area contributed by atoms with Crippen LogP contribution in [-0.2, 0) is 0 Å². The Balaban J connectivity index is 1.65. The van der Waals surface area contributed by atoms with Crippen molar-refractivity contribution in [1.29, 1.82) is 0 Å². The molecule has 1 aromatic carbocycles. The average Bonchev–Trinajstić information content (AvgIpc) is 2.96. The van der Waals surface area contributed by atoms with Crippen molar-refractivity contribution in [3.05, 3.63) is 40.8 Å². The molecule has 1 saturated heterocycles. The Morgan fingerprint density at radius 3 is 2.36 bits per heavy atom. The first kappa shape index (κ1) is 14.6. The van der Waals surface area contributed by atoms with Crippen LogP contribution in [0.1, 0.15) is 27.4 Å². The number of anilines is 1. The highest BCUT2D eigenvalue weighted by Gasteiger charge is 2.24. The minimum Gasteiger partial charge on any atom is -0.408 e. The summed E-state index contributed by atoms with van der Waals surface area (Å²) in [6.45, 7) is 8.59. The number of carbonyl (C=O) groups is 1. The van der Waals surface area contributed by atoms with Crippen molar-refractivity contribution in [2.75, 3.05) is 31.1 Å². The molecule has 2 heterocycles. The first-order valence-electron chi connectivity index (χ1n) is 7.46. The van der Waals surface area contributed by atoms with Crippen molar-refractivity contribution in [3.63, 3.8) is 0 Å². The van der Waals surface area contributed by atoms with E-state index in [4.69, 9.17) is 4.42 Å². The lowest BCUT2D eigenvalue weighted by atomic mass is 10.1. The number of hydrogen-bond acceptors (Lipinski definition) is 5. The van der Waals surface area contributed by atoms with E-state index >= 15 is 0 Å². The Hall–Kier alpha value is -2.37. The molecule has 0 unspecified atom stereocenters. The number of aromatic nitrogens is 2. The Morgan fingerprint density at radius 1 is 1.05 bits per heavy atom. The minimum absolute atomic E-state index is 0.0875. The van der Waals surface area contributed by atoms with Gasteiger partial charge in [-0.05, 0) is 37.1 Å². The van der Waals surface area contributed by atoms with Crippen LogP contribution >= 0.6 is 0 Å². The quantitative estimate of drug-likeness (QED) is 0.848. The largest absolute Gasteiger partial charge is 0.408 e. The summed E-state index contributed by atoms with van der Waals surface area (Å²) in [7, 11) is 0. The number of hydrogen-bond donors (Lipinski definition) is 0. The second-order valence-electron chi connectivity index (χ2n) is 5.68. The van der Waals surface area contributed by atoms with Crippen molar-refractivity contribution < 1.29 is 9.21 Å². The lowest BCUT2D eigenvalue weighted by molar-refractivity contribution is 0.0745. The molecule has 1 fully saturated rings. The van der Waals surface area contributed by atoms with Crippen LogP contribution in [0.5, 0.6) is 0 Å². The van der Waals surface area contributed by atoms with E-state index in [1.165, 1.54) is 5.56 Å². The van der Waals surface area contributed by atoms with Crippen LogP contribution in [0.2, 0.25) is 0 Å². The van der Waals surface area contributed by atoms with Crippen molar-refractivity contribution in [3.8, 4) is 0 Å². The van der Waals surface area contributed by atoms with Gasteiger partial charge in [-0.1, -0.05) is 11.2 Å². The van der Waals surface area contributed by atoms with Gasteiger partial charge < -0.3 is 14.2 Å². The molecule has 2 aromatic rings. The maximum Gasteiger partial charge on any atom is 0.318 e. The van der Waals surface area contributed by atoms with Crippen LogP contribution in [-0.4, -0.2) is 47.2 Å². The van der Waals surface area contributed by atoms with E-state index in [-0.39, 0.29) is 5.91 Å². The number of aryl methyl sites for hydroxylation is 3. The summed E-state index contributed by atoms with van der Waals surface area (Å²) < 4.78 is 5.43. The molecule has 1 aromatic heterocycles. The predicted octanol–water partition coefficient (Wildman–Crippen LogP) is 1.96. The monoisotopic (exact) mass is 300 g/mol. The Kier molecular flexibility index (Phi) is 3.83. The molecule has 3 rings (SSSR count). The summed E-state index contributed by atoms with van der Waals surface area (Å²) in [4.78, 5) is 16.5. The number of carbonyl (C=O) groups excluding carboxylic acids is 1. The fourth-order valence-electron chi connectivity index (χ4n) is 2.57. The molecule has 0 atom stereocenters. The second-order valence-corrected chi connectivity index (χ2v) is 5.68. The summed E-state index contributed by atoms with van der Waals surface area (Å²) in [6.07, 6.45) is 0. The highest BCUT2D eigenvalue weighted by Crippen LogP contribution is 2.17. The molecule has 0 saturated carbocycles. The van der Waals surface area contributed by atoms with Crippen LogP contribution < -0.4 is 4.90 Å². The van der Waals surface area contributed by atoms with Gasteiger partial charge in [0.05, 0.1) is 0 Å². The zero-order chi connectivity index (χ0) is 15.7.